The Labute approximate surface area is 197 Å². The van der Waals surface area contributed by atoms with E-state index in [0.717, 1.165) is 80.3 Å². The van der Waals surface area contributed by atoms with Gasteiger partial charge in [0.1, 0.15) is 5.82 Å². The van der Waals surface area contributed by atoms with Crippen LogP contribution in [0.4, 0.5) is 4.39 Å². The number of methoxy groups -OCH3 is 1. The number of halogens is 1. The smallest absolute Gasteiger partial charge is 0.226 e. The summed E-state index contributed by atoms with van der Waals surface area (Å²) in [6.45, 7) is 4.00. The lowest BCUT2D eigenvalue weighted by Gasteiger charge is -2.40. The van der Waals surface area contributed by atoms with E-state index in [1.165, 1.54) is 6.07 Å². The molecule has 5 heteroatoms. The van der Waals surface area contributed by atoms with Crippen LogP contribution in [0.25, 0.3) is 11.1 Å². The Balaban J connectivity index is 1.56. The van der Waals surface area contributed by atoms with E-state index < -0.39 is 5.41 Å². The second kappa shape index (κ2) is 10.4. The number of nitrogens with zero attached hydrogens (tertiary/aromatic N) is 1. The second-order valence-corrected chi connectivity index (χ2v) is 10.1. The summed E-state index contributed by atoms with van der Waals surface area (Å²) in [5.74, 6) is -0.0122. The molecule has 178 valence electrons. The molecule has 2 aliphatic rings. The Bertz CT molecular complexity index is 960. The number of carbonyl (C=O) groups is 1. The molecule has 33 heavy (non-hydrogen) atoms. The third-order valence-electron chi connectivity index (χ3n) is 7.73. The Morgan fingerprint density at radius 3 is 2.52 bits per heavy atom. The van der Waals surface area contributed by atoms with Gasteiger partial charge in [-0.2, -0.15) is 0 Å². The molecule has 2 fully saturated rings. The van der Waals surface area contributed by atoms with Crippen molar-refractivity contribution in [2.24, 2.45) is 5.41 Å². The maximum atomic E-state index is 13.7. The van der Waals surface area contributed by atoms with Gasteiger partial charge >= 0.3 is 0 Å². The summed E-state index contributed by atoms with van der Waals surface area (Å²) in [5, 5.41) is 3.42. The van der Waals surface area contributed by atoms with Crippen molar-refractivity contribution in [1.29, 1.82) is 0 Å². The third-order valence-corrected chi connectivity index (χ3v) is 7.73. The van der Waals surface area contributed by atoms with Crippen molar-refractivity contribution in [1.82, 2.24) is 10.2 Å². The summed E-state index contributed by atoms with van der Waals surface area (Å²) in [4.78, 5) is 16.0. The maximum Gasteiger partial charge on any atom is 0.226 e. The van der Waals surface area contributed by atoms with E-state index in [9.17, 15) is 9.18 Å². The van der Waals surface area contributed by atoms with Gasteiger partial charge in [-0.1, -0.05) is 30.3 Å². The van der Waals surface area contributed by atoms with Crippen molar-refractivity contribution in [3.05, 3.63) is 59.4 Å². The first-order valence-electron chi connectivity index (χ1n) is 12.3. The van der Waals surface area contributed by atoms with Crippen LogP contribution >= 0.6 is 0 Å². The number of ether oxygens (including phenoxy) is 1. The molecule has 1 N–H and O–H groups in total. The van der Waals surface area contributed by atoms with Crippen molar-refractivity contribution >= 4 is 5.91 Å². The molecule has 2 aromatic carbocycles. The average molecular weight is 453 g/mol. The van der Waals surface area contributed by atoms with Crippen molar-refractivity contribution in [2.75, 3.05) is 27.2 Å². The number of aryl methyl sites for hydroxylation is 1. The minimum absolute atomic E-state index is 0.204. The largest absolute Gasteiger partial charge is 0.381 e. The second-order valence-electron chi connectivity index (χ2n) is 10.1. The number of piperidine rings is 1. The van der Waals surface area contributed by atoms with Gasteiger partial charge in [0.2, 0.25) is 5.91 Å². The number of hydrogen-bond donors (Lipinski definition) is 1. The lowest BCUT2D eigenvalue weighted by Crippen LogP contribution is -2.51. The number of carbonyl (C=O) groups excluding carboxylic acids is 1. The molecule has 1 heterocycles. The highest BCUT2D eigenvalue weighted by atomic mass is 19.1. The molecule has 0 spiro atoms. The fourth-order valence-corrected chi connectivity index (χ4v) is 5.55. The molecular weight excluding hydrogens is 415 g/mol. The predicted molar refractivity (Wildman–Crippen MR) is 131 cm³/mol. The van der Waals surface area contributed by atoms with Gasteiger partial charge < -0.3 is 15.0 Å². The van der Waals surface area contributed by atoms with Gasteiger partial charge in [0.25, 0.3) is 0 Å². The number of nitrogens with one attached hydrogen (secondary N) is 1. The zero-order valence-electron chi connectivity index (χ0n) is 20.2. The van der Waals surface area contributed by atoms with Crippen molar-refractivity contribution in [3.63, 3.8) is 0 Å². The lowest BCUT2D eigenvalue weighted by atomic mass is 9.68. The highest BCUT2D eigenvalue weighted by Crippen LogP contribution is 2.41. The minimum atomic E-state index is -0.408. The first-order chi connectivity index (χ1) is 15.9. The SMILES string of the molecule is COC1CCC(Cc2cccc(-c3ccc(F)cc3C)c2)(C(=O)NC2CCN(C)CC2)CC1. The summed E-state index contributed by atoms with van der Waals surface area (Å²) >= 11 is 0. The Morgan fingerprint density at radius 2 is 1.85 bits per heavy atom. The molecule has 4 rings (SSSR count). The van der Waals surface area contributed by atoms with Crippen LogP contribution in [-0.4, -0.2) is 50.2 Å². The van der Waals surface area contributed by atoms with Crippen LogP contribution in [0.15, 0.2) is 42.5 Å². The highest BCUT2D eigenvalue weighted by molar-refractivity contribution is 5.83. The molecular formula is C28H37FN2O2. The molecule has 0 radical (unpaired) electrons. The highest BCUT2D eigenvalue weighted by Gasteiger charge is 2.42. The van der Waals surface area contributed by atoms with Gasteiger partial charge in [0.15, 0.2) is 0 Å². The zero-order chi connectivity index (χ0) is 23.4. The molecule has 0 atom stereocenters. The first-order valence-corrected chi connectivity index (χ1v) is 12.3. The van der Waals surface area contributed by atoms with Crippen molar-refractivity contribution in [2.45, 2.75) is 64.0 Å². The molecule has 0 unspecified atom stereocenters. The van der Waals surface area contributed by atoms with E-state index in [2.05, 4.69) is 41.5 Å². The van der Waals surface area contributed by atoms with E-state index in [0.29, 0.717) is 0 Å². The average Bonchev–Trinajstić information content (AvgIpc) is 2.81. The molecule has 1 saturated carbocycles. The van der Waals surface area contributed by atoms with Crippen LogP contribution in [0, 0.1) is 18.2 Å². The van der Waals surface area contributed by atoms with E-state index in [-0.39, 0.29) is 23.9 Å². The Morgan fingerprint density at radius 1 is 1.12 bits per heavy atom. The summed E-state index contributed by atoms with van der Waals surface area (Å²) in [6, 6.07) is 13.6. The van der Waals surface area contributed by atoms with Crippen LogP contribution in [0.5, 0.6) is 0 Å². The van der Waals surface area contributed by atoms with Crippen molar-refractivity contribution < 1.29 is 13.9 Å². The first kappa shape index (κ1) is 23.9. The van der Waals surface area contributed by atoms with Gasteiger partial charge in [-0.25, -0.2) is 4.39 Å². The van der Waals surface area contributed by atoms with Gasteiger partial charge in [-0.15, -0.1) is 0 Å². The van der Waals surface area contributed by atoms with Crippen LogP contribution < -0.4 is 5.32 Å². The summed E-state index contributed by atoms with van der Waals surface area (Å²) in [6.07, 6.45) is 6.48. The molecule has 2 aromatic rings. The molecule has 1 aliphatic carbocycles. The summed E-state index contributed by atoms with van der Waals surface area (Å²) in [7, 11) is 3.91. The van der Waals surface area contributed by atoms with Gasteiger partial charge in [-0.3, -0.25) is 4.79 Å². The van der Waals surface area contributed by atoms with Gasteiger partial charge in [-0.05, 0) is 106 Å². The van der Waals surface area contributed by atoms with Crippen molar-refractivity contribution in [3.8, 4) is 11.1 Å². The number of benzene rings is 2. The van der Waals surface area contributed by atoms with E-state index >= 15 is 0 Å². The fourth-order valence-electron chi connectivity index (χ4n) is 5.55. The van der Waals surface area contributed by atoms with Crippen LogP contribution in [0.1, 0.15) is 49.7 Å². The van der Waals surface area contributed by atoms with E-state index in [1.54, 1.807) is 13.2 Å². The molecule has 1 saturated heterocycles. The van der Waals surface area contributed by atoms with E-state index in [1.807, 2.05) is 13.0 Å². The van der Waals surface area contributed by atoms with Crippen LogP contribution in [-0.2, 0) is 16.0 Å². The van der Waals surface area contributed by atoms with Gasteiger partial charge in [0, 0.05) is 13.2 Å². The topological polar surface area (TPSA) is 41.6 Å². The third kappa shape index (κ3) is 5.64. The molecule has 0 bridgehead atoms. The monoisotopic (exact) mass is 452 g/mol. The normalized spacial score (nSPS) is 24.5. The summed E-state index contributed by atoms with van der Waals surface area (Å²) in [5.41, 5.74) is 3.77. The number of likely N-dealkylation sites (tertiary alicyclic amines) is 1. The number of amides is 1. The minimum Gasteiger partial charge on any atom is -0.381 e. The molecule has 4 nitrogen and oxygen atoms in total. The standard InChI is InChI=1S/C28H37FN2O2/c1-20-17-23(29)7-8-26(20)22-6-4-5-21(18-22)19-28(13-9-25(33-3)10-14-28)27(32)30-24-11-15-31(2)16-12-24/h4-8,17-18,24-25H,9-16,19H2,1-3H3,(H,30,32). The lowest BCUT2D eigenvalue weighted by molar-refractivity contribution is -0.135. The Hall–Kier alpha value is -2.24. The fraction of sp³-hybridized carbons (Fsp3) is 0.536. The molecule has 0 aromatic heterocycles. The quantitative estimate of drug-likeness (QED) is 0.661. The molecule has 1 aliphatic heterocycles. The Kier molecular flexibility index (Phi) is 7.50. The number of hydrogen-bond acceptors (Lipinski definition) is 3. The maximum absolute atomic E-state index is 13.7. The zero-order valence-corrected chi connectivity index (χ0v) is 20.2. The molecule has 1 amide bonds. The predicted octanol–water partition coefficient (Wildman–Crippen LogP) is 5.13. The number of rotatable bonds is 6. The van der Waals surface area contributed by atoms with E-state index in [4.69, 9.17) is 4.74 Å². The summed E-state index contributed by atoms with van der Waals surface area (Å²) < 4.78 is 19.2. The van der Waals surface area contributed by atoms with Crippen LogP contribution in [0.3, 0.4) is 0 Å². The van der Waals surface area contributed by atoms with Gasteiger partial charge in [0.05, 0.1) is 11.5 Å². The van der Waals surface area contributed by atoms with Crippen LogP contribution in [0.2, 0.25) is 0 Å².